The van der Waals surface area contributed by atoms with E-state index in [1.165, 1.54) is 0 Å². The lowest BCUT2D eigenvalue weighted by molar-refractivity contribution is 0.134. The molecule has 2 atom stereocenters. The maximum Gasteiger partial charge on any atom is 0.0732 e. The van der Waals surface area contributed by atoms with Crippen molar-refractivity contribution in [3.63, 3.8) is 0 Å². The van der Waals surface area contributed by atoms with E-state index in [2.05, 4.69) is 0 Å². The van der Waals surface area contributed by atoms with E-state index in [0.717, 1.165) is 24.0 Å². The van der Waals surface area contributed by atoms with Gasteiger partial charge < -0.3 is 10.8 Å². The van der Waals surface area contributed by atoms with Crippen LogP contribution in [0, 0.1) is 6.92 Å². The van der Waals surface area contributed by atoms with Gasteiger partial charge in [-0.15, -0.1) is 0 Å². The van der Waals surface area contributed by atoms with Gasteiger partial charge >= 0.3 is 0 Å². The highest BCUT2D eigenvalue weighted by atomic mass is 16.3. The number of hydrogen-bond acceptors (Lipinski definition) is 2. The highest BCUT2D eigenvalue weighted by Gasteiger charge is 2.16. The smallest absolute Gasteiger partial charge is 0.0732 e. The van der Waals surface area contributed by atoms with Crippen molar-refractivity contribution >= 4 is 0 Å². The second-order valence-corrected chi connectivity index (χ2v) is 3.74. The molecule has 0 radical (unpaired) electrons. The van der Waals surface area contributed by atoms with E-state index in [1.807, 2.05) is 38.1 Å². The molecular weight excluding hydrogens is 174 g/mol. The summed E-state index contributed by atoms with van der Waals surface area (Å²) < 4.78 is 0. The first-order chi connectivity index (χ1) is 6.66. The molecule has 1 aromatic rings. The summed E-state index contributed by atoms with van der Waals surface area (Å²) in [4.78, 5) is 0. The third-order valence-corrected chi connectivity index (χ3v) is 2.55. The normalized spacial score (nSPS) is 15.1. The van der Waals surface area contributed by atoms with Gasteiger partial charge in [-0.1, -0.05) is 37.6 Å². The van der Waals surface area contributed by atoms with Crippen molar-refractivity contribution in [3.05, 3.63) is 35.4 Å². The number of rotatable bonds is 4. The second kappa shape index (κ2) is 5.13. The first kappa shape index (κ1) is 11.2. The minimum Gasteiger partial charge on any atom is -0.391 e. The molecule has 1 aromatic carbocycles. The summed E-state index contributed by atoms with van der Waals surface area (Å²) in [6.45, 7) is 4.07. The zero-order chi connectivity index (χ0) is 10.6. The molecule has 0 aromatic heterocycles. The SMILES string of the molecule is CCC[C@@H](O)[C@@H](N)c1ccccc1C. The van der Waals surface area contributed by atoms with Crippen LogP contribution in [0.15, 0.2) is 24.3 Å². The molecule has 2 heteroatoms. The first-order valence-corrected chi connectivity index (χ1v) is 5.16. The van der Waals surface area contributed by atoms with Gasteiger partial charge in [0.05, 0.1) is 12.1 Å². The molecule has 0 heterocycles. The Hall–Kier alpha value is -0.860. The highest BCUT2D eigenvalue weighted by molar-refractivity contribution is 5.29. The largest absolute Gasteiger partial charge is 0.391 e. The number of nitrogens with two attached hydrogens (primary N) is 1. The van der Waals surface area contributed by atoms with Crippen LogP contribution in [0.3, 0.4) is 0 Å². The van der Waals surface area contributed by atoms with Crippen molar-refractivity contribution < 1.29 is 5.11 Å². The summed E-state index contributed by atoms with van der Waals surface area (Å²) in [7, 11) is 0. The Labute approximate surface area is 85.8 Å². The minimum absolute atomic E-state index is 0.254. The molecule has 0 saturated carbocycles. The molecule has 3 N–H and O–H groups in total. The van der Waals surface area contributed by atoms with E-state index < -0.39 is 6.10 Å². The maximum absolute atomic E-state index is 9.77. The van der Waals surface area contributed by atoms with E-state index in [9.17, 15) is 5.11 Å². The van der Waals surface area contributed by atoms with Crippen molar-refractivity contribution in [1.82, 2.24) is 0 Å². The maximum atomic E-state index is 9.77. The standard InChI is InChI=1S/C12H19NO/c1-3-6-11(14)12(13)10-8-5-4-7-9(10)2/h4-5,7-8,11-12,14H,3,6,13H2,1-2H3/t11-,12+/m1/s1. The van der Waals surface area contributed by atoms with Gasteiger partial charge in [-0.25, -0.2) is 0 Å². The number of benzene rings is 1. The molecule has 0 unspecified atom stereocenters. The zero-order valence-electron chi connectivity index (χ0n) is 8.90. The molecule has 0 aliphatic rings. The van der Waals surface area contributed by atoms with Gasteiger partial charge in [-0.2, -0.15) is 0 Å². The van der Waals surface area contributed by atoms with Gasteiger partial charge in [0.1, 0.15) is 0 Å². The average Bonchev–Trinajstić information content (AvgIpc) is 2.18. The van der Waals surface area contributed by atoms with Gasteiger partial charge in [0.2, 0.25) is 0 Å². The Morgan fingerprint density at radius 3 is 2.57 bits per heavy atom. The average molecular weight is 193 g/mol. The summed E-state index contributed by atoms with van der Waals surface area (Å²) in [5, 5.41) is 9.77. The summed E-state index contributed by atoms with van der Waals surface area (Å²) in [6, 6.07) is 7.70. The Kier molecular flexibility index (Phi) is 4.11. The van der Waals surface area contributed by atoms with Gasteiger partial charge in [-0.3, -0.25) is 0 Å². The van der Waals surface area contributed by atoms with Crippen LogP contribution in [0.1, 0.15) is 36.9 Å². The fraction of sp³-hybridized carbons (Fsp3) is 0.500. The third-order valence-electron chi connectivity index (χ3n) is 2.55. The molecule has 0 spiro atoms. The van der Waals surface area contributed by atoms with Gasteiger partial charge in [-0.05, 0) is 24.5 Å². The number of aliphatic hydroxyl groups is 1. The molecule has 0 aliphatic carbocycles. The summed E-state index contributed by atoms with van der Waals surface area (Å²) in [5.41, 5.74) is 8.17. The predicted molar refractivity (Wildman–Crippen MR) is 59.0 cm³/mol. The molecule has 0 bridgehead atoms. The van der Waals surface area contributed by atoms with Crippen LogP contribution in [0.25, 0.3) is 0 Å². The van der Waals surface area contributed by atoms with E-state index >= 15 is 0 Å². The van der Waals surface area contributed by atoms with Crippen LogP contribution in [-0.2, 0) is 0 Å². The van der Waals surface area contributed by atoms with Crippen molar-refractivity contribution in [2.75, 3.05) is 0 Å². The monoisotopic (exact) mass is 193 g/mol. The summed E-state index contributed by atoms with van der Waals surface area (Å²) in [6.07, 6.45) is 1.29. The number of aliphatic hydroxyl groups excluding tert-OH is 1. The van der Waals surface area contributed by atoms with E-state index in [-0.39, 0.29) is 6.04 Å². The molecule has 0 fully saturated rings. The van der Waals surface area contributed by atoms with Gasteiger partial charge in [0.25, 0.3) is 0 Å². The highest BCUT2D eigenvalue weighted by Crippen LogP contribution is 2.20. The Morgan fingerprint density at radius 1 is 1.36 bits per heavy atom. The van der Waals surface area contributed by atoms with Crippen LogP contribution in [0.2, 0.25) is 0 Å². The van der Waals surface area contributed by atoms with Crippen LogP contribution < -0.4 is 5.73 Å². The van der Waals surface area contributed by atoms with Crippen LogP contribution in [0.4, 0.5) is 0 Å². The molecule has 78 valence electrons. The molecule has 0 amide bonds. The molecule has 0 saturated heterocycles. The van der Waals surface area contributed by atoms with Crippen molar-refractivity contribution in [3.8, 4) is 0 Å². The fourth-order valence-corrected chi connectivity index (χ4v) is 1.64. The summed E-state index contributed by atoms with van der Waals surface area (Å²) in [5.74, 6) is 0. The lowest BCUT2D eigenvalue weighted by atomic mass is 9.96. The van der Waals surface area contributed by atoms with Crippen LogP contribution in [-0.4, -0.2) is 11.2 Å². The first-order valence-electron chi connectivity index (χ1n) is 5.16. The molecule has 0 aliphatic heterocycles. The minimum atomic E-state index is -0.430. The van der Waals surface area contributed by atoms with Crippen LogP contribution in [0.5, 0.6) is 0 Å². The van der Waals surface area contributed by atoms with E-state index in [4.69, 9.17) is 5.73 Å². The topological polar surface area (TPSA) is 46.2 Å². The molecule has 1 rings (SSSR count). The Balaban J connectivity index is 2.78. The molecule has 14 heavy (non-hydrogen) atoms. The Morgan fingerprint density at radius 2 is 2.00 bits per heavy atom. The molecule has 2 nitrogen and oxygen atoms in total. The van der Waals surface area contributed by atoms with E-state index in [1.54, 1.807) is 0 Å². The van der Waals surface area contributed by atoms with E-state index in [0.29, 0.717) is 0 Å². The zero-order valence-corrected chi connectivity index (χ0v) is 8.90. The van der Waals surface area contributed by atoms with Crippen molar-refractivity contribution in [2.24, 2.45) is 5.73 Å². The van der Waals surface area contributed by atoms with Crippen molar-refractivity contribution in [1.29, 1.82) is 0 Å². The quantitative estimate of drug-likeness (QED) is 0.769. The third kappa shape index (κ3) is 2.56. The Bertz CT molecular complexity index is 285. The van der Waals surface area contributed by atoms with Crippen molar-refractivity contribution in [2.45, 2.75) is 38.8 Å². The predicted octanol–water partition coefficient (Wildman–Crippen LogP) is 2.16. The number of aryl methyl sites for hydroxylation is 1. The van der Waals surface area contributed by atoms with Gasteiger partial charge in [0, 0.05) is 0 Å². The van der Waals surface area contributed by atoms with Crippen LogP contribution >= 0.6 is 0 Å². The number of hydrogen-bond donors (Lipinski definition) is 2. The second-order valence-electron chi connectivity index (χ2n) is 3.74. The lowest BCUT2D eigenvalue weighted by Gasteiger charge is -2.20. The fourth-order valence-electron chi connectivity index (χ4n) is 1.64. The van der Waals surface area contributed by atoms with Gasteiger partial charge in [0.15, 0.2) is 0 Å². The summed E-state index contributed by atoms with van der Waals surface area (Å²) >= 11 is 0. The molecular formula is C12H19NO. The lowest BCUT2D eigenvalue weighted by Crippen LogP contribution is -2.26.